The number of hydrogen-bond acceptors (Lipinski definition) is 2. The molecule has 1 fully saturated rings. The number of ether oxygens (including phenoxy) is 1. The van der Waals surface area contributed by atoms with Crippen LogP contribution >= 0.6 is 0 Å². The Bertz CT molecular complexity index is 249. The van der Waals surface area contributed by atoms with Gasteiger partial charge in [0.15, 0.2) is 5.96 Å². The summed E-state index contributed by atoms with van der Waals surface area (Å²) in [7, 11) is 0. The molecular weight excluding hydrogens is 202 g/mol. The fourth-order valence-corrected chi connectivity index (χ4v) is 2.08. The van der Waals surface area contributed by atoms with E-state index < -0.39 is 0 Å². The molecule has 1 aliphatic rings. The minimum Gasteiger partial charge on any atom is -0.376 e. The van der Waals surface area contributed by atoms with Gasteiger partial charge in [-0.05, 0) is 46.5 Å². The van der Waals surface area contributed by atoms with Crippen molar-refractivity contribution in [2.24, 2.45) is 16.6 Å². The molecule has 3 N–H and O–H groups in total. The Morgan fingerprint density at radius 2 is 2.25 bits per heavy atom. The summed E-state index contributed by atoms with van der Waals surface area (Å²) in [6.07, 6.45) is 2.15. The van der Waals surface area contributed by atoms with Crippen LogP contribution < -0.4 is 11.1 Å². The van der Waals surface area contributed by atoms with E-state index >= 15 is 0 Å². The van der Waals surface area contributed by atoms with E-state index in [4.69, 9.17) is 10.5 Å². The minimum absolute atomic E-state index is 0.00131. The second kappa shape index (κ2) is 5.53. The van der Waals surface area contributed by atoms with E-state index in [0.717, 1.165) is 26.0 Å². The van der Waals surface area contributed by atoms with Gasteiger partial charge in [0.2, 0.25) is 0 Å². The molecule has 0 saturated carbocycles. The molecular formula is C12H25N3O. The third kappa shape index (κ3) is 4.84. The first-order valence-corrected chi connectivity index (χ1v) is 6.09. The zero-order chi connectivity index (χ0) is 12.2. The average Bonchev–Trinajstić information content (AvgIpc) is 2.12. The fraction of sp³-hybridized carbons (Fsp3) is 0.917. The Morgan fingerprint density at radius 1 is 1.56 bits per heavy atom. The Balaban J connectivity index is 2.37. The number of nitrogens with one attached hydrogen (secondary N) is 1. The van der Waals surface area contributed by atoms with Gasteiger partial charge in [0.1, 0.15) is 0 Å². The summed E-state index contributed by atoms with van der Waals surface area (Å²) in [6, 6.07) is 0.342. The summed E-state index contributed by atoms with van der Waals surface area (Å²) in [5.41, 5.74) is 5.77. The first-order valence-electron chi connectivity index (χ1n) is 6.09. The van der Waals surface area contributed by atoms with Gasteiger partial charge in [-0.1, -0.05) is 0 Å². The van der Waals surface area contributed by atoms with Crippen LogP contribution in [-0.2, 0) is 4.74 Å². The molecule has 1 atom stereocenters. The van der Waals surface area contributed by atoms with Crippen molar-refractivity contribution in [1.82, 2.24) is 5.32 Å². The van der Waals surface area contributed by atoms with Crippen molar-refractivity contribution >= 4 is 5.96 Å². The highest BCUT2D eigenvalue weighted by atomic mass is 16.5. The number of hydrogen-bond donors (Lipinski definition) is 2. The van der Waals surface area contributed by atoms with Crippen LogP contribution in [0.15, 0.2) is 4.99 Å². The predicted molar refractivity (Wildman–Crippen MR) is 67.5 cm³/mol. The number of aliphatic imine (C=N–C) groups is 1. The molecule has 1 rings (SSSR count). The molecule has 0 aromatic carbocycles. The molecule has 0 aromatic heterocycles. The van der Waals surface area contributed by atoms with E-state index in [0.29, 0.717) is 17.9 Å². The Kier molecular flexibility index (Phi) is 4.59. The largest absolute Gasteiger partial charge is 0.376 e. The summed E-state index contributed by atoms with van der Waals surface area (Å²) in [6.45, 7) is 10.0. The summed E-state index contributed by atoms with van der Waals surface area (Å²) in [5.74, 6) is 1.15. The maximum Gasteiger partial charge on any atom is 0.188 e. The monoisotopic (exact) mass is 227 g/mol. The maximum absolute atomic E-state index is 5.77. The van der Waals surface area contributed by atoms with Crippen molar-refractivity contribution in [3.05, 3.63) is 0 Å². The lowest BCUT2D eigenvalue weighted by atomic mass is 9.88. The summed E-state index contributed by atoms with van der Waals surface area (Å²) >= 11 is 0. The van der Waals surface area contributed by atoms with Crippen molar-refractivity contribution < 1.29 is 4.74 Å². The molecule has 1 unspecified atom stereocenters. The van der Waals surface area contributed by atoms with E-state index in [1.807, 2.05) is 0 Å². The van der Waals surface area contributed by atoms with Crippen molar-refractivity contribution in [3.63, 3.8) is 0 Å². The molecule has 4 nitrogen and oxygen atoms in total. The third-order valence-electron chi connectivity index (χ3n) is 2.76. The summed E-state index contributed by atoms with van der Waals surface area (Å²) < 4.78 is 5.67. The molecule has 1 aliphatic heterocycles. The fourth-order valence-electron chi connectivity index (χ4n) is 2.08. The standard InChI is InChI=1S/C12H25N3O/c1-9(2)15-11(13)14-8-10-5-6-16-12(3,4)7-10/h9-10H,5-8H2,1-4H3,(H3,13,14,15). The third-order valence-corrected chi connectivity index (χ3v) is 2.76. The molecule has 94 valence electrons. The summed E-state index contributed by atoms with van der Waals surface area (Å²) in [5, 5.41) is 3.10. The molecule has 1 saturated heterocycles. The normalized spacial score (nSPS) is 25.8. The summed E-state index contributed by atoms with van der Waals surface area (Å²) in [4.78, 5) is 4.38. The predicted octanol–water partition coefficient (Wildman–Crippen LogP) is 1.50. The lowest BCUT2D eigenvalue weighted by molar-refractivity contribution is -0.0705. The van der Waals surface area contributed by atoms with Gasteiger partial charge in [-0.15, -0.1) is 0 Å². The van der Waals surface area contributed by atoms with Crippen LogP contribution in [-0.4, -0.2) is 30.8 Å². The van der Waals surface area contributed by atoms with Crippen molar-refractivity contribution in [2.75, 3.05) is 13.2 Å². The Morgan fingerprint density at radius 3 is 2.81 bits per heavy atom. The lowest BCUT2D eigenvalue weighted by Crippen LogP contribution is -2.38. The average molecular weight is 227 g/mol. The molecule has 0 radical (unpaired) electrons. The zero-order valence-electron chi connectivity index (χ0n) is 10.9. The Hall–Kier alpha value is -0.770. The van der Waals surface area contributed by atoms with E-state index in [1.54, 1.807) is 0 Å². The second-order valence-corrected chi connectivity index (χ2v) is 5.49. The van der Waals surface area contributed by atoms with Crippen LogP contribution in [0.3, 0.4) is 0 Å². The smallest absolute Gasteiger partial charge is 0.188 e. The molecule has 16 heavy (non-hydrogen) atoms. The molecule has 0 bridgehead atoms. The van der Waals surface area contributed by atoms with Gasteiger partial charge in [-0.25, -0.2) is 0 Å². The van der Waals surface area contributed by atoms with E-state index in [1.165, 1.54) is 0 Å². The number of guanidine groups is 1. The lowest BCUT2D eigenvalue weighted by Gasteiger charge is -2.34. The van der Waals surface area contributed by atoms with Crippen LogP contribution in [0.5, 0.6) is 0 Å². The number of nitrogens with two attached hydrogens (primary N) is 1. The van der Waals surface area contributed by atoms with Gasteiger partial charge < -0.3 is 15.8 Å². The first-order chi connectivity index (χ1) is 7.39. The highest BCUT2D eigenvalue weighted by molar-refractivity contribution is 5.78. The SMILES string of the molecule is CC(C)NC(N)=NCC1CCOC(C)(C)C1. The van der Waals surface area contributed by atoms with Crippen LogP contribution in [0, 0.1) is 5.92 Å². The van der Waals surface area contributed by atoms with Gasteiger partial charge in [0.25, 0.3) is 0 Å². The first kappa shape index (κ1) is 13.3. The van der Waals surface area contributed by atoms with Crippen LogP contribution in [0.2, 0.25) is 0 Å². The quantitative estimate of drug-likeness (QED) is 0.567. The number of rotatable bonds is 3. The minimum atomic E-state index is -0.00131. The second-order valence-electron chi connectivity index (χ2n) is 5.49. The van der Waals surface area contributed by atoms with Gasteiger partial charge in [0.05, 0.1) is 5.60 Å². The van der Waals surface area contributed by atoms with Gasteiger partial charge >= 0.3 is 0 Å². The van der Waals surface area contributed by atoms with E-state index in [9.17, 15) is 0 Å². The maximum atomic E-state index is 5.77. The van der Waals surface area contributed by atoms with Crippen molar-refractivity contribution in [1.29, 1.82) is 0 Å². The van der Waals surface area contributed by atoms with E-state index in [-0.39, 0.29) is 5.60 Å². The van der Waals surface area contributed by atoms with Crippen LogP contribution in [0.1, 0.15) is 40.5 Å². The van der Waals surface area contributed by atoms with Crippen LogP contribution in [0.25, 0.3) is 0 Å². The zero-order valence-corrected chi connectivity index (χ0v) is 10.9. The van der Waals surface area contributed by atoms with E-state index in [2.05, 4.69) is 38.0 Å². The van der Waals surface area contributed by atoms with Crippen LogP contribution in [0.4, 0.5) is 0 Å². The number of nitrogens with zero attached hydrogens (tertiary/aromatic N) is 1. The molecule has 0 aromatic rings. The molecule has 0 amide bonds. The van der Waals surface area contributed by atoms with Gasteiger partial charge in [-0.3, -0.25) is 4.99 Å². The van der Waals surface area contributed by atoms with Gasteiger partial charge in [-0.2, -0.15) is 0 Å². The van der Waals surface area contributed by atoms with Crippen molar-refractivity contribution in [2.45, 2.75) is 52.2 Å². The molecule has 1 heterocycles. The molecule has 0 spiro atoms. The van der Waals surface area contributed by atoms with Gasteiger partial charge in [0, 0.05) is 19.2 Å². The molecule has 4 heteroatoms. The highest BCUT2D eigenvalue weighted by Gasteiger charge is 2.28. The van der Waals surface area contributed by atoms with Crippen molar-refractivity contribution in [3.8, 4) is 0 Å². The molecule has 0 aliphatic carbocycles. The topological polar surface area (TPSA) is 59.6 Å². The highest BCUT2D eigenvalue weighted by Crippen LogP contribution is 2.28. The Labute approximate surface area is 98.6 Å².